The number of nitrogens with one attached hydrogen (secondary N) is 1. The molecule has 1 N–H and O–H groups in total. The van der Waals surface area contributed by atoms with Crippen molar-refractivity contribution in [1.29, 1.82) is 0 Å². The average Bonchev–Trinajstić information content (AvgIpc) is 3.24. The molecule has 0 spiro atoms. The largest absolute Gasteiger partial charge is 0.326 e. The van der Waals surface area contributed by atoms with E-state index < -0.39 is 11.6 Å². The smallest absolute Gasteiger partial charge is 0.229 e. The van der Waals surface area contributed by atoms with Crippen molar-refractivity contribution in [3.8, 4) is 11.3 Å². The van der Waals surface area contributed by atoms with Gasteiger partial charge in [-0.25, -0.2) is 28.7 Å². The zero-order chi connectivity index (χ0) is 26.1. The lowest BCUT2D eigenvalue weighted by Crippen LogP contribution is -2.33. The number of imidazole rings is 1. The third-order valence-corrected chi connectivity index (χ3v) is 7.09. The highest BCUT2D eigenvalue weighted by Crippen LogP contribution is 2.31. The van der Waals surface area contributed by atoms with Crippen LogP contribution in [0.15, 0.2) is 36.7 Å². The molecule has 1 aliphatic heterocycles. The van der Waals surface area contributed by atoms with E-state index in [1.165, 1.54) is 30.9 Å². The number of piperidine rings is 1. The van der Waals surface area contributed by atoms with Crippen molar-refractivity contribution in [3.63, 3.8) is 0 Å². The van der Waals surface area contributed by atoms with Crippen LogP contribution in [0.1, 0.15) is 69.9 Å². The molecular formula is C28H33F2N7. The molecule has 0 amide bonds. The van der Waals surface area contributed by atoms with Gasteiger partial charge in [0.05, 0.1) is 11.7 Å². The molecule has 194 valence electrons. The monoisotopic (exact) mass is 505 g/mol. The van der Waals surface area contributed by atoms with Gasteiger partial charge in [-0.15, -0.1) is 0 Å². The first-order valence-corrected chi connectivity index (χ1v) is 13.0. The van der Waals surface area contributed by atoms with Gasteiger partial charge >= 0.3 is 0 Å². The number of hydrogen-bond acceptors (Lipinski definition) is 6. The molecule has 7 nitrogen and oxygen atoms in total. The first-order chi connectivity index (χ1) is 17.9. The van der Waals surface area contributed by atoms with E-state index in [0.717, 1.165) is 25.7 Å². The van der Waals surface area contributed by atoms with Gasteiger partial charge in [0.1, 0.15) is 22.9 Å². The molecule has 0 bridgehead atoms. The first kappa shape index (κ1) is 25.2. The van der Waals surface area contributed by atoms with Gasteiger partial charge in [-0.3, -0.25) is 4.90 Å². The fraction of sp³-hybridized carbons (Fsp3) is 0.429. The minimum absolute atomic E-state index is 0.0141. The van der Waals surface area contributed by atoms with E-state index in [4.69, 9.17) is 0 Å². The Morgan fingerprint density at radius 2 is 1.76 bits per heavy atom. The standard InChI is InChI=1S/C28H33F2N7/c1-5-23(36-11-7-6-8-12-36)19-9-10-25(31-15-19)34-28-32-16-22(30)26(35-28)20-13-21(29)27-24(14-20)37(17(2)3)18(4)33-27/h9-10,13-17,23H,5-8,11-12H2,1-4H3,(H,31,32,34,35)/t23-/m0/s1. The van der Waals surface area contributed by atoms with Gasteiger partial charge in [0.2, 0.25) is 5.95 Å². The van der Waals surface area contributed by atoms with Crippen LogP contribution in [0.25, 0.3) is 22.3 Å². The van der Waals surface area contributed by atoms with Gasteiger partial charge in [0, 0.05) is 23.8 Å². The summed E-state index contributed by atoms with van der Waals surface area (Å²) in [7, 11) is 0. The zero-order valence-electron chi connectivity index (χ0n) is 21.8. The third-order valence-electron chi connectivity index (χ3n) is 7.09. The number of anilines is 2. The van der Waals surface area contributed by atoms with Crippen molar-refractivity contribution in [1.82, 2.24) is 29.4 Å². The lowest BCUT2D eigenvalue weighted by Gasteiger charge is -2.34. The maximum Gasteiger partial charge on any atom is 0.229 e. The van der Waals surface area contributed by atoms with Crippen molar-refractivity contribution in [2.24, 2.45) is 0 Å². The quantitative estimate of drug-likeness (QED) is 0.300. The Morgan fingerprint density at radius 1 is 0.973 bits per heavy atom. The van der Waals surface area contributed by atoms with Gasteiger partial charge < -0.3 is 9.88 Å². The predicted molar refractivity (Wildman–Crippen MR) is 142 cm³/mol. The molecule has 4 aromatic rings. The fourth-order valence-corrected chi connectivity index (χ4v) is 5.41. The van der Waals surface area contributed by atoms with Crippen LogP contribution in [0.3, 0.4) is 0 Å². The summed E-state index contributed by atoms with van der Waals surface area (Å²) in [5.41, 5.74) is 2.38. The number of fused-ring (bicyclic) bond motifs is 1. The van der Waals surface area contributed by atoms with E-state index in [1.54, 1.807) is 6.07 Å². The molecule has 9 heteroatoms. The number of benzene rings is 1. The molecule has 0 unspecified atom stereocenters. The number of hydrogen-bond donors (Lipinski definition) is 1. The Hall–Kier alpha value is -3.46. The van der Waals surface area contributed by atoms with Gasteiger partial charge in [-0.1, -0.05) is 19.4 Å². The maximum atomic E-state index is 15.0. The molecule has 0 radical (unpaired) electrons. The molecule has 1 aromatic carbocycles. The Kier molecular flexibility index (Phi) is 7.15. The summed E-state index contributed by atoms with van der Waals surface area (Å²) in [6.07, 6.45) is 7.78. The Labute approximate surface area is 216 Å². The molecular weight excluding hydrogens is 472 g/mol. The van der Waals surface area contributed by atoms with Gasteiger partial charge in [-0.05, 0) is 76.9 Å². The molecule has 3 aromatic heterocycles. The van der Waals surface area contributed by atoms with Crippen LogP contribution in [0.2, 0.25) is 0 Å². The normalized spacial score (nSPS) is 15.4. The SMILES string of the molecule is CC[C@@H](c1ccc(Nc2ncc(F)c(-c3cc(F)c4nc(C)n(C(C)C)c4c3)n2)nc1)N1CCCCC1. The van der Waals surface area contributed by atoms with E-state index in [1.807, 2.05) is 37.6 Å². The first-order valence-electron chi connectivity index (χ1n) is 13.0. The molecule has 1 fully saturated rings. The number of aromatic nitrogens is 5. The second kappa shape index (κ2) is 10.5. The predicted octanol–water partition coefficient (Wildman–Crippen LogP) is 6.74. The summed E-state index contributed by atoms with van der Waals surface area (Å²) in [6, 6.07) is 7.39. The minimum Gasteiger partial charge on any atom is -0.326 e. The number of rotatable bonds is 7. The Bertz CT molecular complexity index is 1390. The highest BCUT2D eigenvalue weighted by atomic mass is 19.1. The number of aryl methyl sites for hydroxylation is 1. The molecule has 5 rings (SSSR count). The van der Waals surface area contributed by atoms with Crippen molar-refractivity contribution < 1.29 is 8.78 Å². The molecule has 0 saturated carbocycles. The minimum atomic E-state index is -0.632. The van der Waals surface area contributed by atoms with Crippen molar-refractivity contribution in [2.75, 3.05) is 18.4 Å². The van der Waals surface area contributed by atoms with Crippen LogP contribution in [0, 0.1) is 18.6 Å². The number of halogens is 2. The molecule has 4 heterocycles. The van der Waals surface area contributed by atoms with E-state index in [2.05, 4.69) is 43.1 Å². The summed E-state index contributed by atoms with van der Waals surface area (Å²) < 4.78 is 31.7. The molecule has 1 aliphatic rings. The van der Waals surface area contributed by atoms with E-state index in [-0.39, 0.29) is 23.2 Å². The van der Waals surface area contributed by atoms with Crippen LogP contribution in [0.5, 0.6) is 0 Å². The summed E-state index contributed by atoms with van der Waals surface area (Å²) in [6.45, 7) is 10.3. The van der Waals surface area contributed by atoms with Crippen LogP contribution >= 0.6 is 0 Å². The summed E-state index contributed by atoms with van der Waals surface area (Å²) in [5.74, 6) is 0.302. The second-order valence-electron chi connectivity index (χ2n) is 9.96. The third kappa shape index (κ3) is 5.05. The Balaban J connectivity index is 1.42. The van der Waals surface area contributed by atoms with E-state index >= 15 is 0 Å². The number of likely N-dealkylation sites (tertiary alicyclic amines) is 1. The summed E-state index contributed by atoms with van der Waals surface area (Å²) >= 11 is 0. The van der Waals surface area contributed by atoms with Crippen LogP contribution in [-0.2, 0) is 0 Å². The van der Waals surface area contributed by atoms with Crippen molar-refractivity contribution in [2.45, 2.75) is 65.5 Å². The summed E-state index contributed by atoms with van der Waals surface area (Å²) in [5, 5.41) is 3.07. The highest BCUT2D eigenvalue weighted by molar-refractivity contribution is 5.83. The maximum absolute atomic E-state index is 15.0. The highest BCUT2D eigenvalue weighted by Gasteiger charge is 2.21. The summed E-state index contributed by atoms with van der Waals surface area (Å²) in [4.78, 5) is 19.9. The molecule has 1 saturated heterocycles. The second-order valence-corrected chi connectivity index (χ2v) is 9.96. The van der Waals surface area contributed by atoms with Gasteiger partial charge in [0.25, 0.3) is 0 Å². The average molecular weight is 506 g/mol. The zero-order valence-corrected chi connectivity index (χ0v) is 21.8. The Morgan fingerprint density at radius 3 is 2.43 bits per heavy atom. The van der Waals surface area contributed by atoms with Crippen LogP contribution < -0.4 is 5.32 Å². The van der Waals surface area contributed by atoms with Gasteiger partial charge in [0.15, 0.2) is 11.6 Å². The topological polar surface area (TPSA) is 71.8 Å². The van der Waals surface area contributed by atoms with Gasteiger partial charge in [-0.2, -0.15) is 0 Å². The molecule has 1 atom stereocenters. The molecule has 0 aliphatic carbocycles. The van der Waals surface area contributed by atoms with E-state index in [0.29, 0.717) is 28.8 Å². The van der Waals surface area contributed by atoms with Crippen molar-refractivity contribution >= 4 is 22.8 Å². The number of nitrogens with zero attached hydrogens (tertiary/aromatic N) is 6. The fourth-order valence-electron chi connectivity index (χ4n) is 5.41. The van der Waals surface area contributed by atoms with E-state index in [9.17, 15) is 8.78 Å². The lowest BCUT2D eigenvalue weighted by atomic mass is 10.0. The van der Waals surface area contributed by atoms with Crippen molar-refractivity contribution in [3.05, 3.63) is 59.7 Å². The van der Waals surface area contributed by atoms with Crippen LogP contribution in [-0.4, -0.2) is 42.5 Å². The molecule has 37 heavy (non-hydrogen) atoms. The van der Waals surface area contributed by atoms with Crippen LogP contribution in [0.4, 0.5) is 20.5 Å². The lowest BCUT2D eigenvalue weighted by molar-refractivity contribution is 0.159. The number of pyridine rings is 1.